The molecule has 6 heteroatoms. The summed E-state index contributed by atoms with van der Waals surface area (Å²) in [4.78, 5) is 30.6. The summed E-state index contributed by atoms with van der Waals surface area (Å²) in [5.41, 5.74) is 3.19. The minimum Gasteiger partial charge on any atom is -0.327 e. The molecule has 1 aromatic rings. The molecule has 1 unspecified atom stereocenters. The number of amides is 2. The molecule has 1 fully saturated rings. The van der Waals surface area contributed by atoms with Gasteiger partial charge in [0.05, 0.1) is 7.11 Å². The van der Waals surface area contributed by atoms with Gasteiger partial charge in [0.2, 0.25) is 5.91 Å². The quantitative estimate of drug-likeness (QED) is 0.684. The highest BCUT2D eigenvalue weighted by Crippen LogP contribution is 2.18. The van der Waals surface area contributed by atoms with E-state index in [4.69, 9.17) is 11.6 Å². The van der Waals surface area contributed by atoms with Crippen molar-refractivity contribution in [2.75, 3.05) is 13.7 Å². The van der Waals surface area contributed by atoms with Gasteiger partial charge in [-0.2, -0.15) is 0 Å². The maximum absolute atomic E-state index is 12.3. The Hall–Kier alpha value is -1.85. The molecule has 1 saturated heterocycles. The molecule has 1 N–H and O–H groups in total. The second-order valence-electron chi connectivity index (χ2n) is 5.10. The van der Waals surface area contributed by atoms with Gasteiger partial charge < -0.3 is 4.90 Å². The highest BCUT2D eigenvalue weighted by molar-refractivity contribution is 6.30. The zero-order valence-electron chi connectivity index (χ0n) is 12.4. The Bertz CT molecular complexity index is 557. The fraction of sp³-hybridized carbons (Fsp3) is 0.375. The van der Waals surface area contributed by atoms with Gasteiger partial charge in [0.1, 0.15) is 6.04 Å². The molecule has 1 aliphatic heterocycles. The highest BCUT2D eigenvalue weighted by atomic mass is 35.5. The van der Waals surface area contributed by atoms with Gasteiger partial charge >= 0.3 is 0 Å². The van der Waals surface area contributed by atoms with Gasteiger partial charge in [-0.25, -0.2) is 5.48 Å². The number of hydrogen-bond donors (Lipinski definition) is 1. The van der Waals surface area contributed by atoms with Crippen LogP contribution in [-0.4, -0.2) is 36.4 Å². The summed E-state index contributed by atoms with van der Waals surface area (Å²) in [6, 6.07) is 6.72. The Kier molecular flexibility index (Phi) is 5.98. The SMILES string of the molecule is CONC(=O)C1CCCCN1C(=O)C=Cc1ccc(Cl)cc1. The molecular weight excluding hydrogens is 304 g/mol. The lowest BCUT2D eigenvalue weighted by Gasteiger charge is -2.33. The summed E-state index contributed by atoms with van der Waals surface area (Å²) < 4.78 is 0. The molecule has 118 valence electrons. The zero-order chi connectivity index (χ0) is 15.9. The average Bonchev–Trinajstić information content (AvgIpc) is 2.54. The molecule has 1 atom stereocenters. The van der Waals surface area contributed by atoms with Crippen molar-refractivity contribution in [2.45, 2.75) is 25.3 Å². The minimum absolute atomic E-state index is 0.175. The number of hydroxylamine groups is 1. The Labute approximate surface area is 134 Å². The molecule has 1 aromatic carbocycles. The molecule has 0 spiro atoms. The van der Waals surface area contributed by atoms with Crippen molar-refractivity contribution in [3.63, 3.8) is 0 Å². The molecule has 0 saturated carbocycles. The van der Waals surface area contributed by atoms with E-state index in [-0.39, 0.29) is 11.8 Å². The van der Waals surface area contributed by atoms with Crippen molar-refractivity contribution >= 4 is 29.5 Å². The number of halogens is 1. The standard InChI is InChI=1S/C16H19ClN2O3/c1-22-18-16(21)14-4-2-3-11-19(14)15(20)10-7-12-5-8-13(17)9-6-12/h5-10,14H,2-4,11H2,1H3,(H,18,21). The predicted molar refractivity (Wildman–Crippen MR) is 85.0 cm³/mol. The van der Waals surface area contributed by atoms with E-state index in [0.29, 0.717) is 18.0 Å². The molecule has 0 aliphatic carbocycles. The van der Waals surface area contributed by atoms with Gasteiger partial charge in [0.25, 0.3) is 5.91 Å². The largest absolute Gasteiger partial charge is 0.327 e. The number of carbonyl (C=O) groups is 2. The maximum Gasteiger partial charge on any atom is 0.266 e. The number of hydrogen-bond acceptors (Lipinski definition) is 3. The smallest absolute Gasteiger partial charge is 0.266 e. The van der Waals surface area contributed by atoms with Crippen molar-refractivity contribution in [3.05, 3.63) is 40.9 Å². The number of rotatable bonds is 4. The molecular formula is C16H19ClN2O3. The molecule has 2 amide bonds. The third-order valence-corrected chi connectivity index (χ3v) is 3.83. The fourth-order valence-corrected chi connectivity index (χ4v) is 2.60. The second kappa shape index (κ2) is 7.96. The molecule has 2 rings (SSSR count). The van der Waals surface area contributed by atoms with E-state index in [1.807, 2.05) is 12.1 Å². The first-order valence-electron chi connectivity index (χ1n) is 7.19. The maximum atomic E-state index is 12.3. The van der Waals surface area contributed by atoms with Crippen LogP contribution in [0.1, 0.15) is 24.8 Å². The summed E-state index contributed by atoms with van der Waals surface area (Å²) in [6.07, 6.45) is 5.68. The summed E-state index contributed by atoms with van der Waals surface area (Å²) in [7, 11) is 1.38. The van der Waals surface area contributed by atoms with Crippen LogP contribution in [0.5, 0.6) is 0 Å². The van der Waals surface area contributed by atoms with Crippen molar-refractivity contribution in [2.24, 2.45) is 0 Å². The van der Waals surface area contributed by atoms with Crippen molar-refractivity contribution < 1.29 is 14.4 Å². The van der Waals surface area contributed by atoms with Crippen LogP contribution < -0.4 is 5.48 Å². The van der Waals surface area contributed by atoms with Crippen LogP contribution in [0.3, 0.4) is 0 Å². The van der Waals surface area contributed by atoms with E-state index in [2.05, 4.69) is 10.3 Å². The van der Waals surface area contributed by atoms with Crippen molar-refractivity contribution in [1.29, 1.82) is 0 Å². The first-order valence-corrected chi connectivity index (χ1v) is 7.56. The summed E-state index contributed by atoms with van der Waals surface area (Å²) in [6.45, 7) is 0.575. The normalized spacial score (nSPS) is 18.5. The van der Waals surface area contributed by atoms with Gasteiger partial charge in [-0.1, -0.05) is 23.7 Å². The number of piperidine rings is 1. The first kappa shape index (κ1) is 16.5. The number of nitrogens with zero attached hydrogens (tertiary/aromatic N) is 1. The topological polar surface area (TPSA) is 58.6 Å². The second-order valence-corrected chi connectivity index (χ2v) is 5.53. The Morgan fingerprint density at radius 1 is 1.32 bits per heavy atom. The number of likely N-dealkylation sites (tertiary alicyclic amines) is 1. The molecule has 22 heavy (non-hydrogen) atoms. The summed E-state index contributed by atoms with van der Waals surface area (Å²) in [5, 5.41) is 0.649. The Balaban J connectivity index is 2.05. The van der Waals surface area contributed by atoms with Crippen LogP contribution in [-0.2, 0) is 14.4 Å². The minimum atomic E-state index is -0.476. The third-order valence-electron chi connectivity index (χ3n) is 3.58. The van der Waals surface area contributed by atoms with E-state index in [1.165, 1.54) is 13.2 Å². The van der Waals surface area contributed by atoms with Crippen LogP contribution in [0, 0.1) is 0 Å². The van der Waals surface area contributed by atoms with E-state index in [9.17, 15) is 9.59 Å². The summed E-state index contributed by atoms with van der Waals surface area (Å²) in [5.74, 6) is -0.457. The zero-order valence-corrected chi connectivity index (χ0v) is 13.2. The first-order chi connectivity index (χ1) is 10.6. The summed E-state index contributed by atoms with van der Waals surface area (Å²) >= 11 is 5.82. The van der Waals surface area contributed by atoms with Crippen LogP contribution in [0.15, 0.2) is 30.3 Å². The van der Waals surface area contributed by atoms with Crippen LogP contribution in [0.4, 0.5) is 0 Å². The fourth-order valence-electron chi connectivity index (χ4n) is 2.47. The average molecular weight is 323 g/mol. The molecule has 5 nitrogen and oxygen atoms in total. The van der Waals surface area contributed by atoms with Gasteiger partial charge in [-0.15, -0.1) is 0 Å². The number of carbonyl (C=O) groups excluding carboxylic acids is 2. The lowest BCUT2D eigenvalue weighted by Crippen LogP contribution is -2.51. The van der Waals surface area contributed by atoms with E-state index >= 15 is 0 Å². The third kappa shape index (κ3) is 4.32. The van der Waals surface area contributed by atoms with E-state index < -0.39 is 6.04 Å². The van der Waals surface area contributed by atoms with E-state index in [1.54, 1.807) is 23.1 Å². The van der Waals surface area contributed by atoms with Crippen LogP contribution in [0.25, 0.3) is 6.08 Å². The molecule has 0 bridgehead atoms. The van der Waals surface area contributed by atoms with Gasteiger partial charge in [0, 0.05) is 17.6 Å². The molecule has 1 aliphatic rings. The molecule has 1 heterocycles. The lowest BCUT2D eigenvalue weighted by molar-refractivity contribution is -0.145. The van der Waals surface area contributed by atoms with Crippen LogP contribution in [0.2, 0.25) is 5.02 Å². The molecule has 0 aromatic heterocycles. The Morgan fingerprint density at radius 3 is 2.73 bits per heavy atom. The van der Waals surface area contributed by atoms with Crippen molar-refractivity contribution in [3.8, 4) is 0 Å². The van der Waals surface area contributed by atoms with Gasteiger partial charge in [0.15, 0.2) is 0 Å². The number of benzene rings is 1. The monoisotopic (exact) mass is 322 g/mol. The van der Waals surface area contributed by atoms with Crippen molar-refractivity contribution in [1.82, 2.24) is 10.4 Å². The predicted octanol–water partition coefficient (Wildman–Crippen LogP) is 2.41. The Morgan fingerprint density at radius 2 is 2.05 bits per heavy atom. The highest BCUT2D eigenvalue weighted by Gasteiger charge is 2.31. The van der Waals surface area contributed by atoms with E-state index in [0.717, 1.165) is 18.4 Å². The van der Waals surface area contributed by atoms with Crippen LogP contribution >= 0.6 is 11.6 Å². The van der Waals surface area contributed by atoms with Gasteiger partial charge in [-0.05, 0) is 43.0 Å². The lowest BCUT2D eigenvalue weighted by atomic mass is 10.0. The number of nitrogens with one attached hydrogen (secondary N) is 1. The molecule has 0 radical (unpaired) electrons. The van der Waals surface area contributed by atoms with Gasteiger partial charge in [-0.3, -0.25) is 14.4 Å².